The van der Waals surface area contributed by atoms with E-state index in [1.54, 1.807) is 17.4 Å². The fourth-order valence-corrected chi connectivity index (χ4v) is 3.21. The summed E-state index contributed by atoms with van der Waals surface area (Å²) in [5.74, 6) is -0.311. The van der Waals surface area contributed by atoms with E-state index in [2.05, 4.69) is 37.9 Å². The summed E-state index contributed by atoms with van der Waals surface area (Å²) >= 11 is 8.05. The second-order valence-electron chi connectivity index (χ2n) is 3.85. The molecular weight excluding hydrogens is 393 g/mol. The summed E-state index contributed by atoms with van der Waals surface area (Å²) in [5, 5.41) is 9.15. The lowest BCUT2D eigenvalue weighted by Gasteiger charge is -2.01. The molecule has 0 spiro atoms. The molecule has 2 rings (SSSR count). The molecule has 0 N–H and O–H groups in total. The number of halogens is 3. The van der Waals surface area contributed by atoms with E-state index in [9.17, 15) is 4.39 Å². The van der Waals surface area contributed by atoms with E-state index in [4.69, 9.17) is 5.26 Å². The van der Waals surface area contributed by atoms with Gasteiger partial charge in [-0.15, -0.1) is 11.3 Å². The Bertz CT molecular complexity index is 670. The average Bonchev–Trinajstić information content (AvgIpc) is 2.78. The fourth-order valence-electron chi connectivity index (χ4n) is 1.57. The van der Waals surface area contributed by atoms with Gasteiger partial charge in [0.25, 0.3) is 0 Å². The number of nitrogens with zero attached hydrogens (tertiary/aromatic N) is 1. The monoisotopic (exact) mass is 399 g/mol. The van der Waals surface area contributed by atoms with E-state index in [0.29, 0.717) is 16.5 Å². The Morgan fingerprint density at radius 2 is 2.11 bits per heavy atom. The Kier molecular flexibility index (Phi) is 4.92. The van der Waals surface area contributed by atoms with Crippen molar-refractivity contribution < 1.29 is 4.39 Å². The minimum atomic E-state index is -0.311. The van der Waals surface area contributed by atoms with Crippen LogP contribution in [0.4, 0.5) is 4.39 Å². The smallest absolute Gasteiger partial charge is 0.137 e. The van der Waals surface area contributed by atoms with Gasteiger partial charge in [-0.3, -0.25) is 0 Å². The number of nitriles is 1. The highest BCUT2D eigenvalue weighted by atomic mass is 79.9. The molecule has 0 aliphatic rings. The maximum absolute atomic E-state index is 13.4. The molecule has 0 radical (unpaired) electrons. The molecule has 5 heteroatoms. The zero-order valence-corrected chi connectivity index (χ0v) is 13.6. The molecule has 1 aromatic carbocycles. The van der Waals surface area contributed by atoms with Crippen LogP contribution in [-0.2, 0) is 6.42 Å². The van der Waals surface area contributed by atoms with Crippen LogP contribution >= 0.6 is 43.2 Å². The number of hydrogen-bond donors (Lipinski definition) is 0. The Hall–Kier alpha value is -0.960. The van der Waals surface area contributed by atoms with E-state index >= 15 is 0 Å². The van der Waals surface area contributed by atoms with Crippen molar-refractivity contribution in [3.05, 3.63) is 60.4 Å². The van der Waals surface area contributed by atoms with Crippen molar-refractivity contribution in [2.24, 2.45) is 0 Å². The predicted molar refractivity (Wildman–Crippen MR) is 83.4 cm³/mol. The van der Waals surface area contributed by atoms with Crippen molar-refractivity contribution >= 4 is 49.3 Å². The third-order valence-corrected chi connectivity index (χ3v) is 4.65. The van der Waals surface area contributed by atoms with Crippen molar-refractivity contribution in [3.8, 4) is 6.07 Å². The molecule has 0 unspecified atom stereocenters. The van der Waals surface area contributed by atoms with Gasteiger partial charge in [0.1, 0.15) is 5.82 Å². The van der Waals surface area contributed by atoms with Crippen molar-refractivity contribution in [3.63, 3.8) is 0 Å². The van der Waals surface area contributed by atoms with Crippen molar-refractivity contribution in [1.29, 1.82) is 5.26 Å². The van der Waals surface area contributed by atoms with Crippen molar-refractivity contribution in [1.82, 2.24) is 0 Å². The highest BCUT2D eigenvalue weighted by molar-refractivity contribution is 9.11. The Morgan fingerprint density at radius 3 is 2.68 bits per heavy atom. The summed E-state index contributed by atoms with van der Waals surface area (Å²) in [6.45, 7) is 0. The first-order chi connectivity index (χ1) is 9.08. The standard InChI is InChI=1S/C14H8Br2FNS/c15-12-3-1-9(7-13(12)17)5-10(8-18)6-11-2-4-14(16)19-11/h1-4,6-7H,5H2. The van der Waals surface area contributed by atoms with Crippen molar-refractivity contribution in [2.45, 2.75) is 6.42 Å². The lowest BCUT2D eigenvalue weighted by Crippen LogP contribution is -1.90. The maximum atomic E-state index is 13.4. The maximum Gasteiger partial charge on any atom is 0.137 e. The van der Waals surface area contributed by atoms with Gasteiger partial charge in [0.2, 0.25) is 0 Å². The number of benzene rings is 1. The lowest BCUT2D eigenvalue weighted by molar-refractivity contribution is 0.619. The number of hydrogen-bond acceptors (Lipinski definition) is 2. The van der Waals surface area contributed by atoms with Gasteiger partial charge in [0, 0.05) is 16.9 Å². The molecule has 0 fully saturated rings. The molecule has 0 atom stereocenters. The van der Waals surface area contributed by atoms with Gasteiger partial charge < -0.3 is 0 Å². The summed E-state index contributed by atoms with van der Waals surface area (Å²) in [4.78, 5) is 1.00. The van der Waals surface area contributed by atoms with Crippen LogP contribution in [0.15, 0.2) is 44.2 Å². The molecule has 0 aliphatic heterocycles. The first-order valence-corrected chi connectivity index (χ1v) is 7.78. The summed E-state index contributed by atoms with van der Waals surface area (Å²) < 4.78 is 14.9. The third-order valence-electron chi connectivity index (χ3n) is 2.43. The van der Waals surface area contributed by atoms with E-state index in [0.717, 1.165) is 14.2 Å². The Labute approximate surface area is 131 Å². The normalized spacial score (nSPS) is 11.4. The number of thiophene rings is 1. The molecule has 0 aliphatic carbocycles. The van der Waals surface area contributed by atoms with E-state index in [1.807, 2.05) is 24.3 Å². The predicted octanol–water partition coefficient (Wildman–Crippen LogP) is 5.56. The molecule has 0 amide bonds. The van der Waals surface area contributed by atoms with Crippen LogP contribution in [0.5, 0.6) is 0 Å². The van der Waals surface area contributed by atoms with E-state index in [-0.39, 0.29) is 5.82 Å². The number of allylic oxidation sites excluding steroid dienone is 1. The summed E-state index contributed by atoms with van der Waals surface area (Å²) in [5.41, 5.74) is 1.39. The number of rotatable bonds is 3. The minimum absolute atomic E-state index is 0.311. The highest BCUT2D eigenvalue weighted by Crippen LogP contribution is 2.25. The van der Waals surface area contributed by atoms with E-state index in [1.165, 1.54) is 6.07 Å². The molecular formula is C14H8Br2FNS. The van der Waals surface area contributed by atoms with Crippen LogP contribution in [-0.4, -0.2) is 0 Å². The van der Waals surface area contributed by atoms with Gasteiger partial charge in [-0.1, -0.05) is 6.07 Å². The lowest BCUT2D eigenvalue weighted by atomic mass is 10.1. The molecule has 1 nitrogen and oxygen atoms in total. The molecule has 96 valence electrons. The molecule has 1 aromatic heterocycles. The molecule has 1 heterocycles. The second kappa shape index (κ2) is 6.47. The largest absolute Gasteiger partial charge is 0.206 e. The quantitative estimate of drug-likeness (QED) is 0.618. The minimum Gasteiger partial charge on any atom is -0.206 e. The van der Waals surface area contributed by atoms with Crippen LogP contribution in [0.2, 0.25) is 0 Å². The summed E-state index contributed by atoms with van der Waals surface area (Å²) in [6.07, 6.45) is 2.26. The van der Waals surface area contributed by atoms with Crippen LogP contribution in [0.1, 0.15) is 10.4 Å². The zero-order chi connectivity index (χ0) is 13.8. The molecule has 19 heavy (non-hydrogen) atoms. The van der Waals surface area contributed by atoms with Gasteiger partial charge in [0.05, 0.1) is 14.3 Å². The van der Waals surface area contributed by atoms with Crippen LogP contribution in [0.25, 0.3) is 6.08 Å². The van der Waals surface area contributed by atoms with E-state index < -0.39 is 0 Å². The van der Waals surface area contributed by atoms with Crippen LogP contribution < -0.4 is 0 Å². The zero-order valence-electron chi connectivity index (χ0n) is 9.66. The molecule has 0 bridgehead atoms. The van der Waals surface area contributed by atoms with Crippen LogP contribution in [0.3, 0.4) is 0 Å². The first kappa shape index (κ1) is 14.4. The Morgan fingerprint density at radius 1 is 1.32 bits per heavy atom. The summed E-state index contributed by atoms with van der Waals surface area (Å²) in [6, 6.07) is 10.9. The summed E-state index contributed by atoms with van der Waals surface area (Å²) in [7, 11) is 0. The van der Waals surface area contributed by atoms with Crippen molar-refractivity contribution in [2.75, 3.05) is 0 Å². The van der Waals surface area contributed by atoms with Gasteiger partial charge in [-0.25, -0.2) is 4.39 Å². The van der Waals surface area contributed by atoms with Gasteiger partial charge in [-0.2, -0.15) is 5.26 Å². The third kappa shape index (κ3) is 4.00. The molecule has 0 saturated heterocycles. The molecule has 2 aromatic rings. The highest BCUT2D eigenvalue weighted by Gasteiger charge is 2.04. The average molecular weight is 401 g/mol. The van der Waals surface area contributed by atoms with Gasteiger partial charge in [-0.05, 0) is 67.8 Å². The van der Waals surface area contributed by atoms with Crippen LogP contribution in [0, 0.1) is 17.1 Å². The van der Waals surface area contributed by atoms with Gasteiger partial charge in [0.15, 0.2) is 0 Å². The second-order valence-corrected chi connectivity index (χ2v) is 7.20. The van der Waals surface area contributed by atoms with Gasteiger partial charge >= 0.3 is 0 Å². The Balaban J connectivity index is 2.22. The fraction of sp³-hybridized carbons (Fsp3) is 0.0714. The first-order valence-electron chi connectivity index (χ1n) is 5.38. The topological polar surface area (TPSA) is 23.8 Å². The SMILES string of the molecule is N#CC(=Cc1ccc(Br)s1)Cc1ccc(Br)c(F)c1. The molecule has 0 saturated carbocycles.